The lowest BCUT2D eigenvalue weighted by Gasteiger charge is -2.34. The van der Waals surface area contributed by atoms with Crippen LogP contribution in [0.15, 0.2) is 48.5 Å². The minimum atomic E-state index is -0.0641. The van der Waals surface area contributed by atoms with E-state index in [1.54, 1.807) is 7.11 Å². The van der Waals surface area contributed by atoms with Crippen LogP contribution in [0.4, 0.5) is 0 Å². The molecule has 0 heterocycles. The summed E-state index contributed by atoms with van der Waals surface area (Å²) in [5.41, 5.74) is 5.41. The van der Waals surface area contributed by atoms with Crippen LogP contribution in [0, 0.1) is 0 Å². The van der Waals surface area contributed by atoms with Crippen LogP contribution in [0.2, 0.25) is 0 Å². The van der Waals surface area contributed by atoms with Crippen LogP contribution in [0.1, 0.15) is 11.1 Å². The molecule has 0 amide bonds. The summed E-state index contributed by atoms with van der Waals surface area (Å²) in [7, 11) is 6.04. The number of hydrogen-bond acceptors (Lipinski definition) is 2. The average molecular weight is 267 g/mol. The second-order valence-corrected chi connectivity index (χ2v) is 5.84. The van der Waals surface area contributed by atoms with Crippen molar-refractivity contribution in [3.05, 3.63) is 59.7 Å². The zero-order valence-electron chi connectivity index (χ0n) is 12.4. The third-order valence-corrected chi connectivity index (χ3v) is 4.15. The highest BCUT2D eigenvalue weighted by Gasteiger charge is 2.43. The van der Waals surface area contributed by atoms with Gasteiger partial charge in [-0.25, -0.2) is 0 Å². The maximum Gasteiger partial charge on any atom is 0.0612 e. The monoisotopic (exact) mass is 267 g/mol. The Kier molecular flexibility index (Phi) is 3.36. The van der Waals surface area contributed by atoms with E-state index < -0.39 is 0 Å². The van der Waals surface area contributed by atoms with E-state index in [4.69, 9.17) is 4.74 Å². The normalized spacial score (nSPS) is 15.2. The highest BCUT2D eigenvalue weighted by atomic mass is 16.5. The molecule has 2 heteroatoms. The molecule has 0 N–H and O–H groups in total. The molecule has 104 valence electrons. The molecule has 20 heavy (non-hydrogen) atoms. The second kappa shape index (κ2) is 5.04. The molecule has 2 nitrogen and oxygen atoms in total. The van der Waals surface area contributed by atoms with Gasteiger partial charge >= 0.3 is 0 Å². The molecule has 2 aromatic carbocycles. The van der Waals surface area contributed by atoms with Crippen molar-refractivity contribution in [2.24, 2.45) is 0 Å². The quantitative estimate of drug-likeness (QED) is 0.843. The van der Waals surface area contributed by atoms with Gasteiger partial charge in [-0.15, -0.1) is 0 Å². The predicted octanol–water partition coefficient (Wildman–Crippen LogP) is 3.16. The van der Waals surface area contributed by atoms with Gasteiger partial charge in [0, 0.05) is 13.7 Å². The van der Waals surface area contributed by atoms with Crippen molar-refractivity contribution < 1.29 is 4.74 Å². The lowest BCUT2D eigenvalue weighted by atomic mass is 9.78. The van der Waals surface area contributed by atoms with Gasteiger partial charge in [-0.3, -0.25) is 0 Å². The lowest BCUT2D eigenvalue weighted by Crippen LogP contribution is -2.41. The van der Waals surface area contributed by atoms with Crippen molar-refractivity contribution in [3.63, 3.8) is 0 Å². The molecule has 3 rings (SSSR count). The molecule has 0 fully saturated rings. The summed E-state index contributed by atoms with van der Waals surface area (Å²) in [4.78, 5) is 2.25. The van der Waals surface area contributed by atoms with E-state index in [-0.39, 0.29) is 5.41 Å². The Hall–Kier alpha value is -1.64. The van der Waals surface area contributed by atoms with Crippen molar-refractivity contribution in [2.75, 3.05) is 34.4 Å². The van der Waals surface area contributed by atoms with E-state index in [9.17, 15) is 0 Å². The summed E-state index contributed by atoms with van der Waals surface area (Å²) in [6, 6.07) is 17.4. The summed E-state index contributed by atoms with van der Waals surface area (Å²) in [5, 5.41) is 0. The summed E-state index contributed by atoms with van der Waals surface area (Å²) < 4.78 is 5.62. The van der Waals surface area contributed by atoms with E-state index in [0.717, 1.165) is 6.54 Å². The van der Waals surface area contributed by atoms with Gasteiger partial charge in [0.15, 0.2) is 0 Å². The first-order chi connectivity index (χ1) is 9.69. The summed E-state index contributed by atoms with van der Waals surface area (Å²) in [5.74, 6) is 0. The van der Waals surface area contributed by atoms with Crippen molar-refractivity contribution in [1.29, 1.82) is 0 Å². The SMILES string of the molecule is COCC1(CN(C)C)c2ccccc2-c2ccccc21. The molecule has 0 atom stereocenters. The van der Waals surface area contributed by atoms with Crippen LogP contribution in [-0.4, -0.2) is 39.3 Å². The number of fused-ring (bicyclic) bond motifs is 3. The standard InChI is InChI=1S/C18H21NO/c1-19(2)12-18(13-20-3)16-10-6-4-8-14(16)15-9-5-7-11-17(15)18/h4-11H,12-13H2,1-3H3. The Morgan fingerprint density at radius 3 is 1.85 bits per heavy atom. The Morgan fingerprint density at radius 2 is 1.40 bits per heavy atom. The number of methoxy groups -OCH3 is 1. The second-order valence-electron chi connectivity index (χ2n) is 5.84. The fourth-order valence-corrected chi connectivity index (χ4v) is 3.57. The largest absolute Gasteiger partial charge is 0.383 e. The predicted molar refractivity (Wildman–Crippen MR) is 83.1 cm³/mol. The minimum absolute atomic E-state index is 0.0641. The molecule has 0 spiro atoms. The van der Waals surface area contributed by atoms with Crippen LogP contribution < -0.4 is 0 Å². The molecule has 0 saturated heterocycles. The summed E-state index contributed by atoms with van der Waals surface area (Å²) in [6.07, 6.45) is 0. The van der Waals surface area contributed by atoms with Gasteiger partial charge < -0.3 is 9.64 Å². The van der Waals surface area contributed by atoms with Gasteiger partial charge in [-0.2, -0.15) is 0 Å². The molecular weight excluding hydrogens is 246 g/mol. The van der Waals surface area contributed by atoms with Gasteiger partial charge in [0.05, 0.1) is 12.0 Å². The van der Waals surface area contributed by atoms with Crippen LogP contribution in [0.25, 0.3) is 11.1 Å². The van der Waals surface area contributed by atoms with E-state index in [1.165, 1.54) is 22.3 Å². The smallest absolute Gasteiger partial charge is 0.0612 e. The Balaban J connectivity index is 2.27. The Morgan fingerprint density at radius 1 is 0.900 bits per heavy atom. The van der Waals surface area contributed by atoms with Crippen LogP contribution in [0.3, 0.4) is 0 Å². The van der Waals surface area contributed by atoms with Gasteiger partial charge in [0.1, 0.15) is 0 Å². The highest BCUT2D eigenvalue weighted by Crippen LogP contribution is 2.49. The van der Waals surface area contributed by atoms with Crippen LogP contribution in [0.5, 0.6) is 0 Å². The lowest BCUT2D eigenvalue weighted by molar-refractivity contribution is 0.132. The van der Waals surface area contributed by atoms with E-state index in [2.05, 4.69) is 67.5 Å². The Labute approximate surface area is 121 Å². The minimum Gasteiger partial charge on any atom is -0.383 e. The fourth-order valence-electron chi connectivity index (χ4n) is 3.57. The van der Waals surface area contributed by atoms with Crippen molar-refractivity contribution in [2.45, 2.75) is 5.41 Å². The summed E-state index contributed by atoms with van der Waals surface area (Å²) >= 11 is 0. The third kappa shape index (κ3) is 1.88. The first-order valence-electron chi connectivity index (χ1n) is 7.02. The zero-order valence-corrected chi connectivity index (χ0v) is 12.4. The van der Waals surface area contributed by atoms with Crippen molar-refractivity contribution in [3.8, 4) is 11.1 Å². The number of rotatable bonds is 4. The van der Waals surface area contributed by atoms with Gasteiger partial charge in [-0.05, 0) is 36.3 Å². The molecule has 1 aliphatic carbocycles. The molecule has 0 aliphatic heterocycles. The van der Waals surface area contributed by atoms with Gasteiger partial charge in [-0.1, -0.05) is 48.5 Å². The fraction of sp³-hybridized carbons (Fsp3) is 0.333. The first kappa shape index (κ1) is 13.3. The summed E-state index contributed by atoms with van der Waals surface area (Å²) in [6.45, 7) is 1.66. The number of nitrogens with zero attached hydrogens (tertiary/aromatic N) is 1. The molecule has 0 saturated carbocycles. The van der Waals surface area contributed by atoms with Crippen molar-refractivity contribution in [1.82, 2.24) is 4.90 Å². The number of ether oxygens (including phenoxy) is 1. The molecule has 0 aromatic heterocycles. The number of likely N-dealkylation sites (N-methyl/N-ethyl adjacent to an activating group) is 1. The molecule has 1 aliphatic rings. The average Bonchev–Trinajstić information content (AvgIpc) is 2.71. The Bertz CT molecular complexity index is 573. The maximum atomic E-state index is 5.62. The molecule has 2 aromatic rings. The van der Waals surface area contributed by atoms with Gasteiger partial charge in [0.25, 0.3) is 0 Å². The number of benzene rings is 2. The highest BCUT2D eigenvalue weighted by molar-refractivity contribution is 5.81. The maximum absolute atomic E-state index is 5.62. The molecule has 0 radical (unpaired) electrons. The van der Waals surface area contributed by atoms with Crippen molar-refractivity contribution >= 4 is 0 Å². The van der Waals surface area contributed by atoms with E-state index in [1.807, 2.05) is 0 Å². The van der Waals surface area contributed by atoms with E-state index in [0.29, 0.717) is 6.61 Å². The van der Waals surface area contributed by atoms with E-state index >= 15 is 0 Å². The topological polar surface area (TPSA) is 12.5 Å². The van der Waals surface area contributed by atoms with Crippen LogP contribution in [-0.2, 0) is 10.2 Å². The molecule has 0 bridgehead atoms. The first-order valence-corrected chi connectivity index (χ1v) is 7.02. The molecule has 0 unspecified atom stereocenters. The van der Waals surface area contributed by atoms with Crippen LogP contribution >= 0.6 is 0 Å². The zero-order chi connectivity index (χ0) is 14.2. The van der Waals surface area contributed by atoms with Gasteiger partial charge in [0.2, 0.25) is 0 Å². The molecular formula is C18H21NO. The third-order valence-electron chi connectivity index (χ3n) is 4.15. The number of hydrogen-bond donors (Lipinski definition) is 0.